The van der Waals surface area contributed by atoms with Crippen LogP contribution in [0.5, 0.6) is 0 Å². The molecule has 0 saturated heterocycles. The van der Waals surface area contributed by atoms with E-state index in [1.165, 1.54) is 0 Å². The number of nitrogens with zero attached hydrogens (tertiary/aromatic N) is 2. The zero-order valence-electron chi connectivity index (χ0n) is 10.9. The van der Waals surface area contributed by atoms with Gasteiger partial charge in [-0.1, -0.05) is 19.3 Å². The molecule has 0 aromatic carbocycles. The smallest absolute Gasteiger partial charge is 0.396 e. The SMILES string of the molecule is Nc1cn(CC(F)(F)F)nc1C(=O)NC1CCCCC1. The molecule has 3 N–H and O–H groups in total. The molecule has 20 heavy (non-hydrogen) atoms. The number of alkyl halides is 3. The summed E-state index contributed by atoms with van der Waals surface area (Å²) in [6.07, 6.45) is 1.64. The Morgan fingerprint density at radius 2 is 2.05 bits per heavy atom. The first-order valence-electron chi connectivity index (χ1n) is 6.56. The molecule has 1 aliphatic carbocycles. The zero-order chi connectivity index (χ0) is 14.8. The van der Waals surface area contributed by atoms with Gasteiger partial charge in [-0.15, -0.1) is 0 Å². The third kappa shape index (κ3) is 3.88. The van der Waals surface area contributed by atoms with Gasteiger partial charge < -0.3 is 11.1 Å². The van der Waals surface area contributed by atoms with E-state index in [9.17, 15) is 18.0 Å². The molecular weight excluding hydrogens is 273 g/mol. The summed E-state index contributed by atoms with van der Waals surface area (Å²) in [7, 11) is 0. The number of amides is 1. The molecule has 0 radical (unpaired) electrons. The summed E-state index contributed by atoms with van der Waals surface area (Å²) in [6.45, 7) is -1.26. The number of halogens is 3. The summed E-state index contributed by atoms with van der Waals surface area (Å²) >= 11 is 0. The van der Waals surface area contributed by atoms with Gasteiger partial charge in [0.25, 0.3) is 5.91 Å². The number of rotatable bonds is 3. The number of nitrogens with two attached hydrogens (primary N) is 1. The van der Waals surface area contributed by atoms with Crippen LogP contribution in [0.4, 0.5) is 18.9 Å². The van der Waals surface area contributed by atoms with Crippen LogP contribution in [-0.2, 0) is 6.54 Å². The van der Waals surface area contributed by atoms with Gasteiger partial charge in [0.2, 0.25) is 0 Å². The molecule has 2 rings (SSSR count). The van der Waals surface area contributed by atoms with Crippen molar-refractivity contribution in [1.82, 2.24) is 15.1 Å². The summed E-state index contributed by atoms with van der Waals surface area (Å²) < 4.78 is 37.4. The minimum absolute atomic E-state index is 0.0393. The molecule has 0 aliphatic heterocycles. The van der Waals surface area contributed by atoms with E-state index in [0.29, 0.717) is 4.68 Å². The van der Waals surface area contributed by atoms with E-state index in [1.807, 2.05) is 0 Å². The number of nitrogens with one attached hydrogen (secondary N) is 1. The first-order chi connectivity index (χ1) is 9.35. The van der Waals surface area contributed by atoms with Gasteiger partial charge in [0, 0.05) is 12.2 Å². The highest BCUT2D eigenvalue weighted by atomic mass is 19.4. The van der Waals surface area contributed by atoms with Crippen LogP contribution < -0.4 is 11.1 Å². The third-order valence-electron chi connectivity index (χ3n) is 3.29. The Balaban J connectivity index is 2.02. The average molecular weight is 290 g/mol. The second kappa shape index (κ2) is 5.72. The number of hydrogen-bond acceptors (Lipinski definition) is 3. The molecule has 5 nitrogen and oxygen atoms in total. The molecule has 1 aliphatic rings. The van der Waals surface area contributed by atoms with E-state index in [4.69, 9.17) is 5.73 Å². The summed E-state index contributed by atoms with van der Waals surface area (Å²) in [5.41, 5.74) is 5.38. The fourth-order valence-electron chi connectivity index (χ4n) is 2.38. The van der Waals surface area contributed by atoms with Crippen molar-refractivity contribution in [3.63, 3.8) is 0 Å². The minimum atomic E-state index is -4.39. The molecule has 1 aromatic heterocycles. The van der Waals surface area contributed by atoms with Gasteiger partial charge in [0.1, 0.15) is 6.54 Å². The predicted octanol–water partition coefficient (Wildman–Crippen LogP) is 2.09. The molecule has 0 atom stereocenters. The fraction of sp³-hybridized carbons (Fsp3) is 0.667. The molecule has 1 heterocycles. The lowest BCUT2D eigenvalue weighted by atomic mass is 9.95. The molecule has 0 bridgehead atoms. The Morgan fingerprint density at radius 3 is 2.65 bits per heavy atom. The number of hydrogen-bond donors (Lipinski definition) is 2. The van der Waals surface area contributed by atoms with E-state index in [1.54, 1.807) is 0 Å². The number of nitrogen functional groups attached to an aromatic ring is 1. The molecule has 1 fully saturated rings. The van der Waals surface area contributed by atoms with Gasteiger partial charge >= 0.3 is 6.18 Å². The van der Waals surface area contributed by atoms with Crippen LogP contribution in [0.2, 0.25) is 0 Å². The molecule has 1 saturated carbocycles. The van der Waals surface area contributed by atoms with E-state index < -0.39 is 18.6 Å². The average Bonchev–Trinajstić information content (AvgIpc) is 2.69. The highest BCUT2D eigenvalue weighted by molar-refractivity contribution is 5.97. The van der Waals surface area contributed by atoms with Crippen LogP contribution in [-0.4, -0.2) is 27.9 Å². The highest BCUT2D eigenvalue weighted by Gasteiger charge is 2.29. The lowest BCUT2D eigenvalue weighted by Gasteiger charge is -2.22. The van der Waals surface area contributed by atoms with Crippen molar-refractivity contribution in [3.05, 3.63) is 11.9 Å². The second-order valence-corrected chi connectivity index (χ2v) is 5.05. The van der Waals surface area contributed by atoms with Crippen LogP contribution in [0.1, 0.15) is 42.6 Å². The molecule has 1 aromatic rings. The molecule has 1 amide bonds. The topological polar surface area (TPSA) is 72.9 Å². The Bertz CT molecular complexity index is 478. The van der Waals surface area contributed by atoms with Crippen molar-refractivity contribution in [2.45, 2.75) is 50.9 Å². The lowest BCUT2D eigenvalue weighted by Crippen LogP contribution is -2.36. The lowest BCUT2D eigenvalue weighted by molar-refractivity contribution is -0.142. The van der Waals surface area contributed by atoms with Crippen molar-refractivity contribution in [2.75, 3.05) is 5.73 Å². The van der Waals surface area contributed by atoms with Crippen LogP contribution in [0.25, 0.3) is 0 Å². The highest BCUT2D eigenvalue weighted by Crippen LogP contribution is 2.20. The normalized spacial score (nSPS) is 17.1. The number of carbonyl (C=O) groups excluding carboxylic acids is 1. The monoisotopic (exact) mass is 290 g/mol. The Labute approximate surface area is 114 Å². The predicted molar refractivity (Wildman–Crippen MR) is 67.0 cm³/mol. The van der Waals surface area contributed by atoms with Crippen molar-refractivity contribution in [2.24, 2.45) is 0 Å². The Kier molecular flexibility index (Phi) is 4.20. The molecule has 8 heteroatoms. The summed E-state index contributed by atoms with van der Waals surface area (Å²) in [4.78, 5) is 12.0. The van der Waals surface area contributed by atoms with Gasteiger partial charge in [-0.05, 0) is 12.8 Å². The maximum absolute atomic E-state index is 12.3. The van der Waals surface area contributed by atoms with Crippen LogP contribution in [0, 0.1) is 0 Å². The first kappa shape index (κ1) is 14.7. The Hall–Kier alpha value is -1.73. The summed E-state index contributed by atoms with van der Waals surface area (Å²) in [5.74, 6) is -0.504. The molecular formula is C12H17F3N4O. The maximum atomic E-state index is 12.3. The minimum Gasteiger partial charge on any atom is -0.396 e. The van der Waals surface area contributed by atoms with Crippen molar-refractivity contribution < 1.29 is 18.0 Å². The van der Waals surface area contributed by atoms with Gasteiger partial charge in [-0.2, -0.15) is 18.3 Å². The van der Waals surface area contributed by atoms with Crippen molar-refractivity contribution >= 4 is 11.6 Å². The number of aromatic nitrogens is 2. The Morgan fingerprint density at radius 1 is 1.40 bits per heavy atom. The van der Waals surface area contributed by atoms with Crippen LogP contribution in [0.3, 0.4) is 0 Å². The second-order valence-electron chi connectivity index (χ2n) is 5.05. The fourth-order valence-corrected chi connectivity index (χ4v) is 2.38. The standard InChI is InChI=1S/C12H17F3N4O/c13-12(14,15)7-19-6-9(16)10(18-19)11(20)17-8-4-2-1-3-5-8/h6,8H,1-5,7,16H2,(H,17,20). The quantitative estimate of drug-likeness (QED) is 0.895. The molecule has 112 valence electrons. The number of anilines is 1. The number of carbonyl (C=O) groups is 1. The van der Waals surface area contributed by atoms with Crippen LogP contribution in [0.15, 0.2) is 6.20 Å². The summed E-state index contributed by atoms with van der Waals surface area (Å²) in [6, 6.07) is 0.0587. The van der Waals surface area contributed by atoms with E-state index >= 15 is 0 Å². The van der Waals surface area contributed by atoms with E-state index in [-0.39, 0.29) is 17.4 Å². The summed E-state index contributed by atoms with van der Waals surface area (Å²) in [5, 5.41) is 6.40. The van der Waals surface area contributed by atoms with Gasteiger partial charge in [0.05, 0.1) is 5.69 Å². The van der Waals surface area contributed by atoms with Crippen molar-refractivity contribution in [1.29, 1.82) is 0 Å². The van der Waals surface area contributed by atoms with E-state index in [0.717, 1.165) is 38.3 Å². The van der Waals surface area contributed by atoms with Gasteiger partial charge in [-0.25, -0.2) is 0 Å². The van der Waals surface area contributed by atoms with Gasteiger partial charge in [-0.3, -0.25) is 9.48 Å². The molecule has 0 unspecified atom stereocenters. The molecule has 0 spiro atoms. The third-order valence-corrected chi connectivity index (χ3v) is 3.29. The maximum Gasteiger partial charge on any atom is 0.408 e. The first-order valence-corrected chi connectivity index (χ1v) is 6.56. The van der Waals surface area contributed by atoms with Gasteiger partial charge in [0.15, 0.2) is 5.69 Å². The van der Waals surface area contributed by atoms with Crippen LogP contribution >= 0.6 is 0 Å². The van der Waals surface area contributed by atoms with E-state index in [2.05, 4.69) is 10.4 Å². The largest absolute Gasteiger partial charge is 0.408 e. The van der Waals surface area contributed by atoms with Crippen molar-refractivity contribution in [3.8, 4) is 0 Å². The zero-order valence-corrected chi connectivity index (χ0v) is 10.9.